The topological polar surface area (TPSA) is 60.2 Å². The number of hydrogen-bond acceptors (Lipinski definition) is 4. The number of carbonyl (C=O) groups is 1. The summed E-state index contributed by atoms with van der Waals surface area (Å²) in [5, 5.41) is 11.6. The van der Waals surface area contributed by atoms with Crippen LogP contribution in [0.1, 0.15) is 17.3 Å². The van der Waals surface area contributed by atoms with Gasteiger partial charge in [0.15, 0.2) is 5.78 Å². The van der Waals surface area contributed by atoms with Gasteiger partial charge in [-0.1, -0.05) is 35.5 Å². The van der Waals surface area contributed by atoms with Crippen LogP contribution >= 0.6 is 23.4 Å². The van der Waals surface area contributed by atoms with Crippen LogP contribution < -0.4 is 0 Å². The van der Waals surface area contributed by atoms with Crippen molar-refractivity contribution < 1.29 is 9.72 Å². The first-order valence-electron chi connectivity index (χ1n) is 5.71. The molecule has 0 unspecified atom stereocenters. The Morgan fingerprint density at radius 3 is 2.55 bits per heavy atom. The van der Waals surface area contributed by atoms with E-state index in [9.17, 15) is 14.9 Å². The Morgan fingerprint density at radius 2 is 1.95 bits per heavy atom. The number of ketones is 1. The van der Waals surface area contributed by atoms with E-state index in [1.807, 2.05) is 18.2 Å². The van der Waals surface area contributed by atoms with Gasteiger partial charge in [-0.3, -0.25) is 14.9 Å². The third-order valence-corrected chi connectivity index (χ3v) is 4.12. The molecule has 0 saturated heterocycles. The first-order valence-corrected chi connectivity index (χ1v) is 6.90. The molecular weight excluding hydrogens is 298 g/mol. The molecule has 2 aromatic rings. The monoisotopic (exact) mass is 307 g/mol. The molecule has 6 heteroatoms. The van der Waals surface area contributed by atoms with E-state index in [1.165, 1.54) is 30.8 Å². The maximum atomic E-state index is 11.4. The first kappa shape index (κ1) is 14.6. The lowest BCUT2D eigenvalue weighted by atomic mass is 10.1. The van der Waals surface area contributed by atoms with Crippen molar-refractivity contribution in [3.05, 3.63) is 63.2 Å². The molecule has 0 atom stereocenters. The van der Waals surface area contributed by atoms with Crippen LogP contribution in [-0.4, -0.2) is 10.7 Å². The zero-order valence-corrected chi connectivity index (χ0v) is 12.1. The molecule has 0 heterocycles. The van der Waals surface area contributed by atoms with Gasteiger partial charge in [0.2, 0.25) is 0 Å². The summed E-state index contributed by atoms with van der Waals surface area (Å²) < 4.78 is 0. The number of nitro groups is 1. The molecule has 0 radical (unpaired) electrons. The smallest absolute Gasteiger partial charge is 0.281 e. The van der Waals surface area contributed by atoms with Crippen LogP contribution in [0.5, 0.6) is 0 Å². The molecule has 0 amide bonds. The van der Waals surface area contributed by atoms with Crippen molar-refractivity contribution >= 4 is 34.8 Å². The highest BCUT2D eigenvalue weighted by molar-refractivity contribution is 7.99. The molecule has 0 aliphatic rings. The Morgan fingerprint density at radius 1 is 1.25 bits per heavy atom. The number of benzene rings is 2. The molecule has 0 N–H and O–H groups in total. The number of nitrogens with zero attached hydrogens (tertiary/aromatic N) is 1. The fraction of sp³-hybridized carbons (Fsp3) is 0.0714. The van der Waals surface area contributed by atoms with Crippen LogP contribution in [0.25, 0.3) is 0 Å². The third-order valence-electron chi connectivity index (χ3n) is 2.61. The average molecular weight is 308 g/mol. The van der Waals surface area contributed by atoms with Crippen molar-refractivity contribution in [3.8, 4) is 0 Å². The minimum Gasteiger partial charge on any atom is -0.294 e. The fourth-order valence-electron chi connectivity index (χ4n) is 1.68. The predicted molar refractivity (Wildman–Crippen MR) is 78.7 cm³/mol. The maximum absolute atomic E-state index is 11.4. The number of carbonyl (C=O) groups excluding carboxylic acids is 1. The molecule has 0 bridgehead atoms. The standard InChI is InChI=1S/C14H10ClNO3S/c1-9(17)11-7-6-10(8-13(11)16(18)19)20-14-5-3-2-4-12(14)15/h2-8H,1H3. The maximum Gasteiger partial charge on any atom is 0.281 e. The Labute approximate surface area is 124 Å². The second-order valence-electron chi connectivity index (χ2n) is 4.02. The first-order chi connectivity index (χ1) is 9.49. The Bertz CT molecular complexity index is 688. The lowest BCUT2D eigenvalue weighted by Gasteiger charge is -2.05. The van der Waals surface area contributed by atoms with Gasteiger partial charge in [0, 0.05) is 15.9 Å². The van der Waals surface area contributed by atoms with Gasteiger partial charge < -0.3 is 0 Å². The van der Waals surface area contributed by atoms with Crippen molar-refractivity contribution in [2.75, 3.05) is 0 Å². The number of Topliss-reactive ketones (excluding diaryl/α,β-unsaturated/α-hetero) is 1. The van der Waals surface area contributed by atoms with Gasteiger partial charge in [0.25, 0.3) is 5.69 Å². The molecule has 0 saturated carbocycles. The minimum atomic E-state index is -0.548. The van der Waals surface area contributed by atoms with Crippen molar-refractivity contribution in [1.82, 2.24) is 0 Å². The van der Waals surface area contributed by atoms with Gasteiger partial charge in [-0.05, 0) is 31.2 Å². The zero-order chi connectivity index (χ0) is 14.7. The summed E-state index contributed by atoms with van der Waals surface area (Å²) in [4.78, 5) is 23.3. The van der Waals surface area contributed by atoms with Gasteiger partial charge >= 0.3 is 0 Å². The highest BCUT2D eigenvalue weighted by atomic mass is 35.5. The molecule has 2 aromatic carbocycles. The van der Waals surface area contributed by atoms with E-state index in [4.69, 9.17) is 11.6 Å². The lowest BCUT2D eigenvalue weighted by Crippen LogP contribution is -2.00. The van der Waals surface area contributed by atoms with E-state index in [-0.39, 0.29) is 17.0 Å². The van der Waals surface area contributed by atoms with Crippen LogP contribution in [0.3, 0.4) is 0 Å². The second-order valence-corrected chi connectivity index (χ2v) is 5.55. The highest BCUT2D eigenvalue weighted by Gasteiger charge is 2.18. The van der Waals surface area contributed by atoms with Crippen LogP contribution in [0, 0.1) is 10.1 Å². The van der Waals surface area contributed by atoms with Crippen LogP contribution in [0.4, 0.5) is 5.69 Å². The van der Waals surface area contributed by atoms with Crippen LogP contribution in [0.2, 0.25) is 5.02 Å². The van der Waals surface area contributed by atoms with E-state index >= 15 is 0 Å². The van der Waals surface area contributed by atoms with Crippen LogP contribution in [-0.2, 0) is 0 Å². The van der Waals surface area contributed by atoms with Crippen LogP contribution in [0.15, 0.2) is 52.3 Å². The Balaban J connectivity index is 2.40. The summed E-state index contributed by atoms with van der Waals surface area (Å²) >= 11 is 7.37. The minimum absolute atomic E-state index is 0.110. The zero-order valence-electron chi connectivity index (χ0n) is 10.5. The quantitative estimate of drug-likeness (QED) is 0.470. The SMILES string of the molecule is CC(=O)c1ccc(Sc2ccccc2Cl)cc1[N+](=O)[O-]. The Hall–Kier alpha value is -1.85. The largest absolute Gasteiger partial charge is 0.294 e. The summed E-state index contributed by atoms with van der Waals surface area (Å²) in [5.74, 6) is -0.328. The molecule has 4 nitrogen and oxygen atoms in total. The summed E-state index contributed by atoms with van der Waals surface area (Å²) in [7, 11) is 0. The van der Waals surface area contributed by atoms with E-state index < -0.39 is 4.92 Å². The second kappa shape index (κ2) is 6.07. The Kier molecular flexibility index (Phi) is 4.42. The number of nitro benzene ring substituents is 1. The summed E-state index contributed by atoms with van der Waals surface area (Å²) in [6.45, 7) is 1.31. The molecule has 0 spiro atoms. The third kappa shape index (κ3) is 3.18. The van der Waals surface area contributed by atoms with E-state index in [0.29, 0.717) is 9.92 Å². The number of halogens is 1. The molecule has 2 rings (SSSR count). The fourth-order valence-corrected chi connectivity index (χ4v) is 2.80. The lowest BCUT2D eigenvalue weighted by molar-refractivity contribution is -0.385. The average Bonchev–Trinajstić information content (AvgIpc) is 2.41. The normalized spacial score (nSPS) is 10.3. The highest BCUT2D eigenvalue weighted by Crippen LogP contribution is 2.35. The van der Waals surface area contributed by atoms with Crippen molar-refractivity contribution in [3.63, 3.8) is 0 Å². The molecule has 0 aliphatic carbocycles. The molecule has 0 aliphatic heterocycles. The molecular formula is C14H10ClNO3S. The molecule has 102 valence electrons. The molecule has 20 heavy (non-hydrogen) atoms. The predicted octanol–water partition coefficient (Wildman–Crippen LogP) is 4.60. The van der Waals surface area contributed by atoms with Gasteiger partial charge in [-0.15, -0.1) is 0 Å². The van der Waals surface area contributed by atoms with Gasteiger partial charge in [0.05, 0.1) is 15.5 Å². The van der Waals surface area contributed by atoms with Crippen molar-refractivity contribution in [2.24, 2.45) is 0 Å². The van der Waals surface area contributed by atoms with E-state index in [1.54, 1.807) is 12.1 Å². The van der Waals surface area contributed by atoms with Gasteiger partial charge in [-0.25, -0.2) is 0 Å². The van der Waals surface area contributed by atoms with Gasteiger partial charge in [0.1, 0.15) is 0 Å². The summed E-state index contributed by atoms with van der Waals surface area (Å²) in [6.07, 6.45) is 0. The van der Waals surface area contributed by atoms with E-state index in [0.717, 1.165) is 4.90 Å². The van der Waals surface area contributed by atoms with Gasteiger partial charge in [-0.2, -0.15) is 0 Å². The number of rotatable bonds is 4. The van der Waals surface area contributed by atoms with Crippen molar-refractivity contribution in [2.45, 2.75) is 16.7 Å². The summed E-state index contributed by atoms with van der Waals surface area (Å²) in [5.41, 5.74) is -0.0759. The van der Waals surface area contributed by atoms with E-state index in [2.05, 4.69) is 0 Å². The molecule has 0 aromatic heterocycles. The number of hydrogen-bond donors (Lipinski definition) is 0. The summed E-state index contributed by atoms with van der Waals surface area (Å²) in [6, 6.07) is 11.8. The molecule has 0 fully saturated rings. The van der Waals surface area contributed by atoms with Crippen molar-refractivity contribution in [1.29, 1.82) is 0 Å².